The highest BCUT2D eigenvalue weighted by Gasteiger charge is 2.39. The van der Waals surface area contributed by atoms with Gasteiger partial charge in [-0.15, -0.1) is 0 Å². The zero-order chi connectivity index (χ0) is 11.0. The van der Waals surface area contributed by atoms with Gasteiger partial charge in [-0.1, -0.05) is 0 Å². The summed E-state index contributed by atoms with van der Waals surface area (Å²) in [6.45, 7) is 3.08. The van der Waals surface area contributed by atoms with Crippen LogP contribution in [0.2, 0.25) is 0 Å². The summed E-state index contributed by atoms with van der Waals surface area (Å²) in [5.74, 6) is 0. The molecule has 0 aliphatic carbocycles. The summed E-state index contributed by atoms with van der Waals surface area (Å²) < 4.78 is 11.4. The Labute approximate surface area is 94.9 Å². The lowest BCUT2D eigenvalue weighted by Gasteiger charge is -2.38. The number of hydrogen-bond acceptors (Lipinski definition) is 3. The molecule has 0 aromatic rings. The van der Waals surface area contributed by atoms with Crippen LogP contribution in [0.15, 0.2) is 0 Å². The number of fused-ring (bicyclic) bond motifs is 2. The Hall–Kier alpha value is 0.0700. The molecule has 2 aliphatic rings. The van der Waals surface area contributed by atoms with Gasteiger partial charge in [0, 0.05) is 47.0 Å². The van der Waals surface area contributed by atoms with Crippen molar-refractivity contribution in [1.82, 2.24) is 4.90 Å². The van der Waals surface area contributed by atoms with Crippen LogP contribution in [-0.4, -0.2) is 45.3 Å². The fraction of sp³-hybridized carbons (Fsp3) is 1.00. The van der Waals surface area contributed by atoms with Crippen LogP contribution in [0.3, 0.4) is 0 Å². The molecule has 0 amide bonds. The lowest BCUT2D eigenvalue weighted by Crippen LogP contribution is -2.49. The molecule has 2 aliphatic heterocycles. The molecule has 0 radical (unpaired) electrons. The van der Waals surface area contributed by atoms with Gasteiger partial charge in [-0.3, -0.25) is 9.11 Å². The second-order valence-electron chi connectivity index (χ2n) is 5.12. The Morgan fingerprint density at radius 3 is 2.40 bits per heavy atom. The van der Waals surface area contributed by atoms with E-state index in [1.54, 1.807) is 0 Å². The predicted molar refractivity (Wildman–Crippen MR) is 64.3 cm³/mol. The number of piperidine rings is 1. The average Bonchev–Trinajstić information content (AvgIpc) is 2.42. The topological polar surface area (TPSA) is 46.3 Å². The maximum atomic E-state index is 11.4. The van der Waals surface area contributed by atoms with Gasteiger partial charge < -0.3 is 5.73 Å². The van der Waals surface area contributed by atoms with E-state index in [4.69, 9.17) is 5.73 Å². The molecular weight excluding hydrogens is 208 g/mol. The normalized spacial score (nSPS) is 40.3. The standard InChI is InChI=1S/C11H22N2OS/c1-8(15(2)14)7-13-10-3-4-11(13)6-9(12)5-10/h8-11H,3-7,12H2,1-2H3. The van der Waals surface area contributed by atoms with E-state index in [0.29, 0.717) is 23.4 Å². The van der Waals surface area contributed by atoms with Gasteiger partial charge in [0.15, 0.2) is 0 Å². The van der Waals surface area contributed by atoms with Crippen molar-refractivity contribution in [2.45, 2.75) is 56.0 Å². The van der Waals surface area contributed by atoms with Gasteiger partial charge in [0.2, 0.25) is 0 Å². The van der Waals surface area contributed by atoms with Crippen LogP contribution in [0, 0.1) is 0 Å². The summed E-state index contributed by atoms with van der Waals surface area (Å²) in [6, 6.07) is 1.75. The first-order valence-corrected chi connectivity index (χ1v) is 7.53. The molecule has 0 spiro atoms. The second kappa shape index (κ2) is 4.52. The molecule has 4 heteroatoms. The Kier molecular flexibility index (Phi) is 3.48. The van der Waals surface area contributed by atoms with E-state index in [1.165, 1.54) is 12.8 Å². The fourth-order valence-corrected chi connectivity index (χ4v) is 3.40. The van der Waals surface area contributed by atoms with E-state index in [9.17, 15) is 4.21 Å². The molecule has 2 rings (SSSR count). The van der Waals surface area contributed by atoms with Crippen molar-refractivity contribution in [3.05, 3.63) is 0 Å². The Bertz CT molecular complexity index is 245. The smallest absolute Gasteiger partial charge is 0.0444 e. The van der Waals surface area contributed by atoms with Gasteiger partial charge in [-0.2, -0.15) is 0 Å². The lowest BCUT2D eigenvalue weighted by molar-refractivity contribution is 0.129. The van der Waals surface area contributed by atoms with Gasteiger partial charge in [0.1, 0.15) is 0 Å². The molecule has 0 aromatic heterocycles. The first-order valence-electron chi connectivity index (χ1n) is 5.91. The quantitative estimate of drug-likeness (QED) is 0.776. The van der Waals surface area contributed by atoms with Crippen molar-refractivity contribution in [1.29, 1.82) is 0 Å². The summed E-state index contributed by atoms with van der Waals surface area (Å²) >= 11 is 0. The highest BCUT2D eigenvalue weighted by atomic mass is 32.2. The van der Waals surface area contributed by atoms with E-state index < -0.39 is 10.8 Å². The van der Waals surface area contributed by atoms with Gasteiger partial charge in [-0.05, 0) is 32.6 Å². The minimum Gasteiger partial charge on any atom is -0.328 e. The monoisotopic (exact) mass is 230 g/mol. The minimum atomic E-state index is -0.696. The first-order chi connectivity index (χ1) is 7.08. The third-order valence-electron chi connectivity index (χ3n) is 3.96. The van der Waals surface area contributed by atoms with E-state index in [2.05, 4.69) is 11.8 Å². The summed E-state index contributed by atoms with van der Waals surface area (Å²) in [6.07, 6.45) is 6.67. The Morgan fingerprint density at radius 2 is 1.93 bits per heavy atom. The van der Waals surface area contributed by atoms with Gasteiger partial charge in [0.05, 0.1) is 0 Å². The molecule has 3 nitrogen and oxygen atoms in total. The largest absolute Gasteiger partial charge is 0.328 e. The summed E-state index contributed by atoms with van der Waals surface area (Å²) in [5.41, 5.74) is 6.02. The summed E-state index contributed by atoms with van der Waals surface area (Å²) in [4.78, 5) is 2.56. The van der Waals surface area contributed by atoms with E-state index in [-0.39, 0.29) is 0 Å². The van der Waals surface area contributed by atoms with Crippen molar-refractivity contribution in [3.8, 4) is 0 Å². The van der Waals surface area contributed by atoms with Gasteiger partial charge in [-0.25, -0.2) is 0 Å². The highest BCUT2D eigenvalue weighted by molar-refractivity contribution is 7.84. The molecule has 2 bridgehead atoms. The van der Waals surface area contributed by atoms with Crippen LogP contribution < -0.4 is 5.73 Å². The number of hydrogen-bond donors (Lipinski definition) is 1. The van der Waals surface area contributed by atoms with Crippen LogP contribution >= 0.6 is 0 Å². The van der Waals surface area contributed by atoms with Crippen LogP contribution in [0.1, 0.15) is 32.6 Å². The molecule has 2 heterocycles. The third kappa shape index (κ3) is 2.43. The number of rotatable bonds is 3. The Balaban J connectivity index is 1.96. The van der Waals surface area contributed by atoms with E-state index in [1.807, 2.05) is 6.26 Å². The summed E-state index contributed by atoms with van der Waals surface area (Å²) in [7, 11) is -0.696. The first kappa shape index (κ1) is 11.6. The maximum Gasteiger partial charge on any atom is 0.0444 e. The van der Waals surface area contributed by atoms with E-state index >= 15 is 0 Å². The number of nitrogens with two attached hydrogens (primary N) is 1. The molecule has 2 saturated heterocycles. The molecule has 2 fully saturated rings. The molecule has 2 N–H and O–H groups in total. The van der Waals surface area contributed by atoms with Crippen LogP contribution in [0.5, 0.6) is 0 Å². The Morgan fingerprint density at radius 1 is 1.40 bits per heavy atom. The summed E-state index contributed by atoms with van der Waals surface area (Å²) in [5, 5.41) is 0.294. The molecule has 15 heavy (non-hydrogen) atoms. The molecule has 4 atom stereocenters. The van der Waals surface area contributed by atoms with Crippen LogP contribution in [-0.2, 0) is 10.8 Å². The van der Waals surface area contributed by atoms with Crippen molar-refractivity contribution >= 4 is 10.8 Å². The lowest BCUT2D eigenvalue weighted by atomic mass is 9.98. The molecule has 88 valence electrons. The molecule has 4 unspecified atom stereocenters. The zero-order valence-corrected chi connectivity index (χ0v) is 10.5. The minimum absolute atomic E-state index is 0.294. The average molecular weight is 230 g/mol. The van der Waals surface area contributed by atoms with Crippen molar-refractivity contribution in [2.75, 3.05) is 12.8 Å². The fourth-order valence-electron chi connectivity index (χ4n) is 3.02. The van der Waals surface area contributed by atoms with Gasteiger partial charge >= 0.3 is 0 Å². The molecule has 0 aromatic carbocycles. The molecule has 0 saturated carbocycles. The third-order valence-corrected chi connectivity index (χ3v) is 5.24. The number of nitrogens with zero attached hydrogens (tertiary/aromatic N) is 1. The zero-order valence-electron chi connectivity index (χ0n) is 9.69. The van der Waals surface area contributed by atoms with Crippen LogP contribution in [0.25, 0.3) is 0 Å². The van der Waals surface area contributed by atoms with Crippen LogP contribution in [0.4, 0.5) is 0 Å². The van der Waals surface area contributed by atoms with Crippen molar-refractivity contribution < 1.29 is 4.21 Å². The maximum absolute atomic E-state index is 11.4. The highest BCUT2D eigenvalue weighted by Crippen LogP contribution is 2.35. The second-order valence-corrected chi connectivity index (χ2v) is 6.92. The SMILES string of the molecule is CC(CN1C2CCC1CC(N)C2)S(C)=O. The predicted octanol–water partition coefficient (Wildman–Crippen LogP) is 0.707. The van der Waals surface area contributed by atoms with E-state index in [0.717, 1.165) is 19.4 Å². The molecular formula is C11H22N2OS. The van der Waals surface area contributed by atoms with Gasteiger partial charge in [0.25, 0.3) is 0 Å². The van der Waals surface area contributed by atoms with Crippen molar-refractivity contribution in [2.24, 2.45) is 5.73 Å². The van der Waals surface area contributed by atoms with Crippen molar-refractivity contribution in [3.63, 3.8) is 0 Å².